The Balaban J connectivity index is 3.23. The molecule has 140 valence electrons. The molecule has 0 radical (unpaired) electrons. The van der Waals surface area contributed by atoms with Crippen molar-refractivity contribution in [2.45, 2.75) is 64.2 Å². The average molecular weight is 375 g/mol. The third-order valence-electron chi connectivity index (χ3n) is 4.79. The molecule has 1 aromatic rings. The fraction of sp³-hybridized carbons (Fsp3) is 0.684. The predicted molar refractivity (Wildman–Crippen MR) is 107 cm³/mol. The van der Waals surface area contributed by atoms with E-state index in [1.807, 2.05) is 6.07 Å². The van der Waals surface area contributed by atoms with Crippen LogP contribution < -0.4 is 0 Å². The third-order valence-corrected chi connectivity index (χ3v) is 13.0. The molecule has 0 saturated carbocycles. The van der Waals surface area contributed by atoms with Crippen LogP contribution in [0.15, 0.2) is 35.2 Å². The molecule has 0 aliphatic heterocycles. The Morgan fingerprint density at radius 2 is 1.25 bits per heavy atom. The summed E-state index contributed by atoms with van der Waals surface area (Å²) in [4.78, 5) is 0.283. The van der Waals surface area contributed by atoms with Gasteiger partial charge in [-0.25, -0.2) is 0 Å². The molecule has 0 spiro atoms. The van der Waals surface area contributed by atoms with Crippen molar-refractivity contribution < 1.29 is 12.4 Å². The summed E-state index contributed by atoms with van der Waals surface area (Å²) in [6.07, 6.45) is 9.04. The maximum absolute atomic E-state index is 13.0. The average Bonchev–Trinajstić information content (AvgIpc) is 2.57. The van der Waals surface area contributed by atoms with Crippen molar-refractivity contribution in [1.82, 2.24) is 0 Å². The molecule has 0 fully saturated rings. The normalized spacial score (nSPS) is 14.2. The van der Waals surface area contributed by atoms with Crippen molar-refractivity contribution in [2.75, 3.05) is 25.2 Å². The molecule has 0 aliphatic carbocycles. The van der Waals surface area contributed by atoms with E-state index in [1.165, 1.54) is 0 Å². The summed E-state index contributed by atoms with van der Waals surface area (Å²) in [7, 11) is -3.71. The van der Waals surface area contributed by atoms with Gasteiger partial charge >= 0.3 is 149 Å². The van der Waals surface area contributed by atoms with Crippen LogP contribution in [0.4, 0.5) is 0 Å². The molecule has 5 heteroatoms. The molecule has 0 heterocycles. The van der Waals surface area contributed by atoms with Gasteiger partial charge in [0.1, 0.15) is 0 Å². The van der Waals surface area contributed by atoms with E-state index in [9.17, 15) is 8.42 Å². The van der Waals surface area contributed by atoms with Crippen LogP contribution in [0.3, 0.4) is 0 Å². The molecule has 0 amide bonds. The second kappa shape index (κ2) is 9.31. The fourth-order valence-corrected chi connectivity index (χ4v) is 11.7. The van der Waals surface area contributed by atoms with Crippen molar-refractivity contribution in [3.8, 4) is 0 Å². The first-order valence-corrected chi connectivity index (χ1v) is 13.9. The SMILES string of the molecule is CCCCP(C)(CCCC)(CCCC)OS(=O)(=O)c1ccccc1. The molecule has 24 heavy (non-hydrogen) atoms. The van der Waals surface area contributed by atoms with Gasteiger partial charge in [0.25, 0.3) is 0 Å². The molecule has 0 N–H and O–H groups in total. The van der Waals surface area contributed by atoms with Gasteiger partial charge in [0.05, 0.1) is 0 Å². The topological polar surface area (TPSA) is 43.4 Å². The summed E-state index contributed by atoms with van der Waals surface area (Å²) in [6.45, 7) is 5.89. The Hall–Kier alpha value is -0.440. The first-order valence-electron chi connectivity index (χ1n) is 9.31. The van der Waals surface area contributed by atoms with Crippen LogP contribution >= 0.6 is 6.83 Å². The van der Waals surface area contributed by atoms with Crippen LogP contribution in [-0.4, -0.2) is 33.6 Å². The van der Waals surface area contributed by atoms with Gasteiger partial charge in [-0.05, 0) is 0 Å². The molecular formula is C19H35O3PS. The molecule has 1 aromatic carbocycles. The van der Waals surface area contributed by atoms with E-state index in [-0.39, 0.29) is 4.90 Å². The second-order valence-electron chi connectivity index (χ2n) is 7.26. The zero-order valence-corrected chi connectivity index (χ0v) is 17.5. The number of hydrogen-bond acceptors (Lipinski definition) is 3. The number of hydrogen-bond donors (Lipinski definition) is 0. The number of benzene rings is 1. The van der Waals surface area contributed by atoms with E-state index < -0.39 is 16.9 Å². The summed E-state index contributed by atoms with van der Waals surface area (Å²) >= 11 is 0. The Labute approximate surface area is 149 Å². The quantitative estimate of drug-likeness (QED) is 0.428. The van der Waals surface area contributed by atoms with E-state index >= 15 is 0 Å². The van der Waals surface area contributed by atoms with Gasteiger partial charge in [-0.3, -0.25) is 0 Å². The summed E-state index contributed by atoms with van der Waals surface area (Å²) in [5.74, 6) is 0. The van der Waals surface area contributed by atoms with E-state index in [2.05, 4.69) is 27.4 Å². The molecular weight excluding hydrogens is 339 g/mol. The van der Waals surface area contributed by atoms with Crippen molar-refractivity contribution in [1.29, 1.82) is 0 Å². The molecule has 0 aromatic heterocycles. The molecule has 1 rings (SSSR count). The second-order valence-corrected chi connectivity index (χ2v) is 15.0. The van der Waals surface area contributed by atoms with Crippen LogP contribution in [0, 0.1) is 0 Å². The summed E-state index contributed by atoms with van der Waals surface area (Å²) < 4.78 is 32.1. The monoisotopic (exact) mass is 374 g/mol. The molecule has 0 bridgehead atoms. The Morgan fingerprint density at radius 3 is 1.62 bits per heavy atom. The van der Waals surface area contributed by atoms with Crippen LogP contribution in [0.1, 0.15) is 59.3 Å². The molecule has 0 unspecified atom stereocenters. The zero-order chi connectivity index (χ0) is 18.1. The molecule has 0 saturated heterocycles. The van der Waals surface area contributed by atoms with E-state index in [4.69, 9.17) is 3.97 Å². The van der Waals surface area contributed by atoms with Crippen LogP contribution in [0.2, 0.25) is 0 Å². The first-order chi connectivity index (χ1) is 11.3. The van der Waals surface area contributed by atoms with Crippen molar-refractivity contribution in [3.05, 3.63) is 30.3 Å². The standard InChI is InChI=1S/C19H35O3PS/c1-5-8-16-23(4,17-9-6-2,18-10-7-3)22-24(20,21)19-14-12-11-13-15-19/h11-15H,5-10,16-18H2,1-4H3. The van der Waals surface area contributed by atoms with Crippen LogP contribution in [0.5, 0.6) is 0 Å². The van der Waals surface area contributed by atoms with Crippen LogP contribution in [0.25, 0.3) is 0 Å². The summed E-state index contributed by atoms with van der Waals surface area (Å²) in [5, 5.41) is 0. The zero-order valence-electron chi connectivity index (χ0n) is 15.8. The Morgan fingerprint density at radius 1 is 0.833 bits per heavy atom. The fourth-order valence-electron chi connectivity index (χ4n) is 3.20. The summed E-state index contributed by atoms with van der Waals surface area (Å²) in [6, 6.07) is 8.61. The van der Waals surface area contributed by atoms with Gasteiger partial charge in [-0.1, -0.05) is 0 Å². The Kier molecular flexibility index (Phi) is 8.38. The van der Waals surface area contributed by atoms with Crippen molar-refractivity contribution >= 4 is 16.9 Å². The minimum atomic E-state index is -3.71. The van der Waals surface area contributed by atoms with Gasteiger partial charge in [-0.2, -0.15) is 0 Å². The van der Waals surface area contributed by atoms with Gasteiger partial charge in [-0.15, -0.1) is 0 Å². The Bertz CT molecular complexity index is 559. The van der Waals surface area contributed by atoms with E-state index in [1.54, 1.807) is 24.3 Å². The van der Waals surface area contributed by atoms with Crippen LogP contribution in [-0.2, 0) is 14.1 Å². The number of unbranched alkanes of at least 4 members (excludes halogenated alkanes) is 3. The molecule has 0 atom stereocenters. The first kappa shape index (κ1) is 21.6. The maximum atomic E-state index is 13.0. The van der Waals surface area contributed by atoms with E-state index in [0.29, 0.717) is 0 Å². The van der Waals surface area contributed by atoms with Crippen molar-refractivity contribution in [3.63, 3.8) is 0 Å². The van der Waals surface area contributed by atoms with Gasteiger partial charge in [0.15, 0.2) is 0 Å². The summed E-state index contributed by atoms with van der Waals surface area (Å²) in [5.41, 5.74) is 0. The minimum absolute atomic E-state index is 0.283. The molecule has 0 aliphatic rings. The molecule has 3 nitrogen and oxygen atoms in total. The van der Waals surface area contributed by atoms with Gasteiger partial charge in [0, 0.05) is 0 Å². The van der Waals surface area contributed by atoms with Crippen molar-refractivity contribution in [2.24, 2.45) is 0 Å². The van der Waals surface area contributed by atoms with Gasteiger partial charge in [0.2, 0.25) is 0 Å². The number of rotatable bonds is 12. The van der Waals surface area contributed by atoms with Gasteiger partial charge < -0.3 is 0 Å². The third kappa shape index (κ3) is 6.13. The predicted octanol–water partition coefficient (Wildman–Crippen LogP) is 5.89. The van der Waals surface area contributed by atoms with E-state index in [0.717, 1.165) is 57.0 Å².